The standard InChI is InChI=1S/C18H19N3O/c1-3-22-13-6-7-16-15(10-13)14(12-4-5-12)11-18(19-16)17-8-9-21(2)20-17/h6-12H,3-5H2,1-2H3. The van der Waals surface area contributed by atoms with E-state index in [1.54, 1.807) is 0 Å². The molecule has 0 saturated heterocycles. The van der Waals surface area contributed by atoms with Crippen molar-refractivity contribution in [1.82, 2.24) is 14.8 Å². The fourth-order valence-electron chi connectivity index (χ4n) is 2.90. The minimum absolute atomic E-state index is 0.657. The summed E-state index contributed by atoms with van der Waals surface area (Å²) in [6, 6.07) is 10.4. The van der Waals surface area contributed by atoms with Crippen LogP contribution in [0.25, 0.3) is 22.3 Å². The monoisotopic (exact) mass is 293 g/mol. The molecule has 4 heteroatoms. The van der Waals surface area contributed by atoms with Crippen molar-refractivity contribution < 1.29 is 4.74 Å². The van der Waals surface area contributed by atoms with Gasteiger partial charge < -0.3 is 4.74 Å². The van der Waals surface area contributed by atoms with Crippen molar-refractivity contribution in [3.63, 3.8) is 0 Å². The summed E-state index contributed by atoms with van der Waals surface area (Å²) in [5, 5.41) is 5.70. The smallest absolute Gasteiger partial charge is 0.120 e. The molecule has 1 saturated carbocycles. The predicted molar refractivity (Wildman–Crippen MR) is 87.1 cm³/mol. The zero-order chi connectivity index (χ0) is 15.1. The van der Waals surface area contributed by atoms with Gasteiger partial charge in [-0.2, -0.15) is 5.10 Å². The van der Waals surface area contributed by atoms with Crippen molar-refractivity contribution in [2.24, 2.45) is 7.05 Å². The van der Waals surface area contributed by atoms with Crippen molar-refractivity contribution in [3.05, 3.63) is 42.1 Å². The largest absolute Gasteiger partial charge is 0.494 e. The van der Waals surface area contributed by atoms with Crippen LogP contribution in [0.15, 0.2) is 36.5 Å². The number of aromatic nitrogens is 3. The van der Waals surface area contributed by atoms with Crippen LogP contribution < -0.4 is 4.74 Å². The Morgan fingerprint density at radius 3 is 2.73 bits per heavy atom. The van der Waals surface area contributed by atoms with Crippen molar-refractivity contribution in [1.29, 1.82) is 0 Å². The van der Waals surface area contributed by atoms with E-state index in [2.05, 4.69) is 23.3 Å². The summed E-state index contributed by atoms with van der Waals surface area (Å²) in [5.74, 6) is 1.58. The number of fused-ring (bicyclic) bond motifs is 1. The van der Waals surface area contributed by atoms with Gasteiger partial charge in [-0.3, -0.25) is 4.68 Å². The summed E-state index contributed by atoms with van der Waals surface area (Å²) < 4.78 is 7.46. The van der Waals surface area contributed by atoms with Crippen LogP contribution in [0.2, 0.25) is 0 Å². The fourth-order valence-corrected chi connectivity index (χ4v) is 2.90. The van der Waals surface area contributed by atoms with Crippen LogP contribution in [-0.2, 0) is 7.05 Å². The van der Waals surface area contributed by atoms with E-state index in [1.165, 1.54) is 23.8 Å². The lowest BCUT2D eigenvalue weighted by Crippen LogP contribution is -1.95. The molecular weight excluding hydrogens is 274 g/mol. The van der Waals surface area contributed by atoms with Crippen LogP contribution in [0.4, 0.5) is 0 Å². The van der Waals surface area contributed by atoms with Gasteiger partial charge in [0.1, 0.15) is 11.4 Å². The number of benzene rings is 1. The maximum absolute atomic E-state index is 5.64. The molecule has 0 bridgehead atoms. The number of nitrogens with zero attached hydrogens (tertiary/aromatic N) is 3. The molecule has 22 heavy (non-hydrogen) atoms. The molecule has 2 aromatic heterocycles. The Bertz CT molecular complexity index is 833. The lowest BCUT2D eigenvalue weighted by Gasteiger charge is -2.10. The van der Waals surface area contributed by atoms with Crippen LogP contribution in [0, 0.1) is 0 Å². The van der Waals surface area contributed by atoms with Gasteiger partial charge in [0.05, 0.1) is 17.8 Å². The summed E-state index contributed by atoms with van der Waals surface area (Å²) in [6.45, 7) is 2.69. The second kappa shape index (κ2) is 5.13. The second-order valence-corrected chi connectivity index (χ2v) is 5.86. The predicted octanol–water partition coefficient (Wildman–Crippen LogP) is 3.91. The molecule has 4 nitrogen and oxygen atoms in total. The Balaban J connectivity index is 1.89. The average molecular weight is 293 g/mol. The number of pyridine rings is 1. The number of hydrogen-bond acceptors (Lipinski definition) is 3. The van der Waals surface area contributed by atoms with E-state index in [-0.39, 0.29) is 0 Å². The van der Waals surface area contributed by atoms with Crippen molar-refractivity contribution in [2.45, 2.75) is 25.7 Å². The molecule has 112 valence electrons. The molecule has 0 unspecified atom stereocenters. The first-order valence-corrected chi connectivity index (χ1v) is 7.82. The summed E-state index contributed by atoms with van der Waals surface area (Å²) in [6.07, 6.45) is 4.48. The van der Waals surface area contributed by atoms with E-state index in [0.29, 0.717) is 12.5 Å². The third kappa shape index (κ3) is 2.34. The van der Waals surface area contributed by atoms with Crippen molar-refractivity contribution in [3.8, 4) is 17.1 Å². The van der Waals surface area contributed by atoms with E-state index >= 15 is 0 Å². The maximum Gasteiger partial charge on any atom is 0.120 e. The van der Waals surface area contributed by atoms with E-state index < -0.39 is 0 Å². The van der Waals surface area contributed by atoms with Crippen molar-refractivity contribution in [2.75, 3.05) is 6.61 Å². The third-order valence-electron chi connectivity index (χ3n) is 4.12. The SMILES string of the molecule is CCOc1ccc2nc(-c3ccn(C)n3)cc(C3CC3)c2c1. The van der Waals surface area contributed by atoms with Gasteiger partial charge in [0.2, 0.25) is 0 Å². The van der Waals surface area contributed by atoms with Crippen LogP contribution in [0.1, 0.15) is 31.2 Å². The molecule has 0 spiro atoms. The molecule has 1 aliphatic rings. The molecular formula is C18H19N3O. The minimum Gasteiger partial charge on any atom is -0.494 e. The van der Waals surface area contributed by atoms with Crippen molar-refractivity contribution >= 4 is 10.9 Å². The Hall–Kier alpha value is -2.36. The highest BCUT2D eigenvalue weighted by Gasteiger charge is 2.26. The van der Waals surface area contributed by atoms with Crippen LogP contribution in [0.3, 0.4) is 0 Å². The number of ether oxygens (including phenoxy) is 1. The van der Waals surface area contributed by atoms with E-state index in [9.17, 15) is 0 Å². The molecule has 2 heterocycles. The summed E-state index contributed by atoms with van der Waals surface area (Å²) >= 11 is 0. The number of rotatable bonds is 4. The third-order valence-corrected chi connectivity index (χ3v) is 4.12. The molecule has 0 radical (unpaired) electrons. The van der Waals surface area contributed by atoms with Crippen LogP contribution >= 0.6 is 0 Å². The number of aryl methyl sites for hydroxylation is 1. The van der Waals surface area contributed by atoms with Gasteiger partial charge >= 0.3 is 0 Å². The van der Waals surface area contributed by atoms with Gasteiger partial charge in [0, 0.05) is 18.6 Å². The fraction of sp³-hybridized carbons (Fsp3) is 0.333. The molecule has 1 aromatic carbocycles. The first-order chi connectivity index (χ1) is 10.7. The minimum atomic E-state index is 0.657. The van der Waals surface area contributed by atoms with Gasteiger partial charge in [-0.1, -0.05) is 0 Å². The van der Waals surface area contributed by atoms with Crippen LogP contribution in [-0.4, -0.2) is 21.4 Å². The normalized spacial score (nSPS) is 14.5. The second-order valence-electron chi connectivity index (χ2n) is 5.86. The summed E-state index contributed by atoms with van der Waals surface area (Å²) in [5.41, 5.74) is 4.29. The highest BCUT2D eigenvalue weighted by atomic mass is 16.5. The molecule has 0 aliphatic heterocycles. The first-order valence-electron chi connectivity index (χ1n) is 7.82. The van der Waals surface area contributed by atoms with Gasteiger partial charge in [-0.25, -0.2) is 4.98 Å². The summed E-state index contributed by atoms with van der Waals surface area (Å²) in [4.78, 5) is 4.80. The quantitative estimate of drug-likeness (QED) is 0.732. The zero-order valence-electron chi connectivity index (χ0n) is 12.9. The number of hydrogen-bond donors (Lipinski definition) is 0. The topological polar surface area (TPSA) is 39.9 Å². The van der Waals surface area contributed by atoms with E-state index in [0.717, 1.165) is 22.7 Å². The summed E-state index contributed by atoms with van der Waals surface area (Å²) in [7, 11) is 1.93. The van der Waals surface area contributed by atoms with Gasteiger partial charge in [0.15, 0.2) is 0 Å². The molecule has 0 atom stereocenters. The molecule has 0 amide bonds. The molecule has 0 N–H and O–H groups in total. The molecule has 1 fully saturated rings. The Morgan fingerprint density at radius 2 is 2.05 bits per heavy atom. The van der Waals surface area contributed by atoms with Gasteiger partial charge in [0.25, 0.3) is 0 Å². The van der Waals surface area contributed by atoms with E-state index in [4.69, 9.17) is 9.72 Å². The Labute approximate surface area is 129 Å². The highest BCUT2D eigenvalue weighted by molar-refractivity contribution is 5.87. The highest BCUT2D eigenvalue weighted by Crippen LogP contribution is 2.44. The lowest BCUT2D eigenvalue weighted by atomic mass is 10.0. The van der Waals surface area contributed by atoms with Crippen LogP contribution in [0.5, 0.6) is 5.75 Å². The zero-order valence-corrected chi connectivity index (χ0v) is 12.9. The Morgan fingerprint density at radius 1 is 1.18 bits per heavy atom. The Kier molecular flexibility index (Phi) is 3.10. The molecule has 4 rings (SSSR count). The van der Waals surface area contributed by atoms with E-state index in [1.807, 2.05) is 37.0 Å². The first kappa shape index (κ1) is 13.3. The maximum atomic E-state index is 5.64. The molecule has 3 aromatic rings. The van der Waals surface area contributed by atoms with Gasteiger partial charge in [-0.15, -0.1) is 0 Å². The molecule has 1 aliphatic carbocycles. The van der Waals surface area contributed by atoms with Gasteiger partial charge in [-0.05, 0) is 61.6 Å². The lowest BCUT2D eigenvalue weighted by molar-refractivity contribution is 0.340. The average Bonchev–Trinajstić information content (AvgIpc) is 3.28.